The monoisotopic (exact) mass is 418 g/mol. The Morgan fingerprint density at radius 2 is 1.28 bits per heavy atom. The van der Waals surface area contributed by atoms with Crippen LogP contribution in [0.4, 0.5) is 0 Å². The minimum atomic E-state index is -1.45. The third kappa shape index (κ3) is 8.87. The van der Waals surface area contributed by atoms with E-state index in [1.807, 2.05) is 0 Å². The van der Waals surface area contributed by atoms with E-state index in [4.69, 9.17) is 15.9 Å². The standard InChI is InChI=1S/C17H30N4O8/c1-7(2)12(20-14(25)9(18)5-11(23)24)16(27)19-10(6-22)15(26)21-13(8(3)4)17(28)29/h7-10,12-13,22H,5-6,18H2,1-4H3,(H,19,27)(H,20,25)(H,21,26)(H,23,24)(H,28,29). The lowest BCUT2D eigenvalue weighted by Gasteiger charge is -2.26. The largest absolute Gasteiger partial charge is 0.481 e. The van der Waals surface area contributed by atoms with E-state index in [1.54, 1.807) is 27.7 Å². The first-order valence-electron chi connectivity index (χ1n) is 9.03. The van der Waals surface area contributed by atoms with Crippen molar-refractivity contribution < 1.29 is 39.3 Å². The highest BCUT2D eigenvalue weighted by atomic mass is 16.4. The predicted molar refractivity (Wildman–Crippen MR) is 100 cm³/mol. The summed E-state index contributed by atoms with van der Waals surface area (Å²) in [6.07, 6.45) is -0.633. The van der Waals surface area contributed by atoms with Gasteiger partial charge in [-0.25, -0.2) is 4.79 Å². The Morgan fingerprint density at radius 1 is 0.793 bits per heavy atom. The molecule has 0 aliphatic carbocycles. The summed E-state index contributed by atoms with van der Waals surface area (Å²) in [5.41, 5.74) is 5.47. The van der Waals surface area contributed by atoms with Crippen molar-refractivity contribution >= 4 is 29.7 Å². The summed E-state index contributed by atoms with van der Waals surface area (Å²) < 4.78 is 0. The number of hydrogen-bond donors (Lipinski definition) is 7. The molecule has 3 amide bonds. The Hall–Kier alpha value is -2.73. The lowest BCUT2D eigenvalue weighted by Crippen LogP contribution is -2.59. The second-order valence-electron chi connectivity index (χ2n) is 7.25. The van der Waals surface area contributed by atoms with Gasteiger partial charge in [0.1, 0.15) is 18.1 Å². The molecule has 0 aliphatic heterocycles. The van der Waals surface area contributed by atoms with E-state index < -0.39 is 78.7 Å². The molecule has 0 bridgehead atoms. The van der Waals surface area contributed by atoms with Gasteiger partial charge < -0.3 is 37.0 Å². The summed E-state index contributed by atoms with van der Waals surface area (Å²) >= 11 is 0. The van der Waals surface area contributed by atoms with Crippen molar-refractivity contribution in [2.24, 2.45) is 17.6 Å². The van der Waals surface area contributed by atoms with Crippen molar-refractivity contribution in [2.75, 3.05) is 6.61 Å². The van der Waals surface area contributed by atoms with E-state index in [0.717, 1.165) is 0 Å². The van der Waals surface area contributed by atoms with Crippen LogP contribution in [0.2, 0.25) is 0 Å². The third-order valence-corrected chi connectivity index (χ3v) is 4.02. The zero-order valence-corrected chi connectivity index (χ0v) is 16.8. The van der Waals surface area contributed by atoms with Gasteiger partial charge in [-0.05, 0) is 11.8 Å². The predicted octanol–water partition coefficient (Wildman–Crippen LogP) is -2.37. The molecule has 0 aromatic heterocycles. The van der Waals surface area contributed by atoms with Gasteiger partial charge in [-0.3, -0.25) is 19.2 Å². The van der Waals surface area contributed by atoms with E-state index >= 15 is 0 Å². The van der Waals surface area contributed by atoms with Crippen molar-refractivity contribution in [3.8, 4) is 0 Å². The molecule has 0 fully saturated rings. The van der Waals surface area contributed by atoms with Gasteiger partial charge in [-0.2, -0.15) is 0 Å². The topological polar surface area (TPSA) is 208 Å². The maximum absolute atomic E-state index is 12.5. The molecule has 0 spiro atoms. The lowest BCUT2D eigenvalue weighted by molar-refractivity contribution is -0.144. The quantitative estimate of drug-likeness (QED) is 0.180. The van der Waals surface area contributed by atoms with Gasteiger partial charge in [0, 0.05) is 0 Å². The summed E-state index contributed by atoms with van der Waals surface area (Å²) in [6.45, 7) is 5.55. The van der Waals surface area contributed by atoms with Crippen molar-refractivity contribution in [1.29, 1.82) is 0 Å². The van der Waals surface area contributed by atoms with Crippen molar-refractivity contribution in [3.63, 3.8) is 0 Å². The van der Waals surface area contributed by atoms with Crippen LogP contribution in [0.5, 0.6) is 0 Å². The molecule has 0 saturated carbocycles. The molecule has 8 N–H and O–H groups in total. The zero-order valence-electron chi connectivity index (χ0n) is 16.8. The molecular weight excluding hydrogens is 388 g/mol. The molecule has 0 aromatic rings. The normalized spacial score (nSPS) is 15.2. The Kier molecular flexibility index (Phi) is 10.8. The van der Waals surface area contributed by atoms with Gasteiger partial charge in [-0.1, -0.05) is 27.7 Å². The van der Waals surface area contributed by atoms with Gasteiger partial charge in [-0.15, -0.1) is 0 Å². The molecule has 0 heterocycles. The summed E-state index contributed by atoms with van der Waals surface area (Å²) in [6, 6.07) is -5.21. The summed E-state index contributed by atoms with van der Waals surface area (Å²) in [5.74, 6) is -6.04. The number of nitrogens with two attached hydrogens (primary N) is 1. The molecule has 12 heteroatoms. The molecule has 0 aliphatic rings. The molecule has 12 nitrogen and oxygen atoms in total. The van der Waals surface area contributed by atoms with Crippen LogP contribution >= 0.6 is 0 Å². The fraction of sp³-hybridized carbons (Fsp3) is 0.706. The lowest BCUT2D eigenvalue weighted by atomic mass is 10.0. The number of carbonyl (C=O) groups is 5. The molecule has 4 unspecified atom stereocenters. The van der Waals surface area contributed by atoms with Crippen LogP contribution in [0.1, 0.15) is 34.1 Å². The van der Waals surface area contributed by atoms with E-state index in [-0.39, 0.29) is 0 Å². The third-order valence-electron chi connectivity index (χ3n) is 4.02. The van der Waals surface area contributed by atoms with Gasteiger partial charge in [0.15, 0.2) is 0 Å². The highest BCUT2D eigenvalue weighted by Crippen LogP contribution is 2.05. The summed E-state index contributed by atoms with van der Waals surface area (Å²) in [5, 5.41) is 34.1. The highest BCUT2D eigenvalue weighted by molar-refractivity contribution is 5.94. The molecule has 0 radical (unpaired) electrons. The average Bonchev–Trinajstić information content (AvgIpc) is 2.59. The summed E-state index contributed by atoms with van der Waals surface area (Å²) in [4.78, 5) is 58.6. The van der Waals surface area contributed by atoms with Gasteiger partial charge in [0.2, 0.25) is 17.7 Å². The molecule has 29 heavy (non-hydrogen) atoms. The van der Waals surface area contributed by atoms with Crippen LogP contribution in [-0.2, 0) is 24.0 Å². The van der Waals surface area contributed by atoms with Crippen molar-refractivity contribution in [3.05, 3.63) is 0 Å². The molecular formula is C17H30N4O8. The van der Waals surface area contributed by atoms with Gasteiger partial charge >= 0.3 is 11.9 Å². The summed E-state index contributed by atoms with van der Waals surface area (Å²) in [7, 11) is 0. The van der Waals surface area contributed by atoms with Crippen molar-refractivity contribution in [1.82, 2.24) is 16.0 Å². The first-order valence-corrected chi connectivity index (χ1v) is 9.03. The smallest absolute Gasteiger partial charge is 0.326 e. The first kappa shape index (κ1) is 26.3. The van der Waals surface area contributed by atoms with E-state index in [1.165, 1.54) is 0 Å². The Morgan fingerprint density at radius 3 is 1.66 bits per heavy atom. The highest BCUT2D eigenvalue weighted by Gasteiger charge is 2.32. The zero-order chi connectivity index (χ0) is 22.9. The molecule has 4 atom stereocenters. The maximum atomic E-state index is 12.5. The van der Waals surface area contributed by atoms with Crippen molar-refractivity contribution in [2.45, 2.75) is 58.3 Å². The fourth-order valence-electron chi connectivity index (χ4n) is 2.30. The first-order chi connectivity index (χ1) is 13.3. The SMILES string of the molecule is CC(C)C(NC(=O)C(CO)NC(=O)C(NC(=O)C(N)CC(=O)O)C(C)C)C(=O)O. The number of amides is 3. The Balaban J connectivity index is 5.17. The fourth-order valence-corrected chi connectivity index (χ4v) is 2.30. The van der Waals surface area contributed by atoms with E-state index in [9.17, 15) is 29.1 Å². The Bertz CT molecular complexity index is 623. The number of carboxylic acid groups (broad SMARTS) is 2. The number of carboxylic acids is 2. The van der Waals surface area contributed by atoms with Crippen LogP contribution < -0.4 is 21.7 Å². The minimum absolute atomic E-state index is 0.440. The van der Waals surface area contributed by atoms with Crippen LogP contribution in [0.25, 0.3) is 0 Å². The van der Waals surface area contributed by atoms with Crippen LogP contribution in [0.15, 0.2) is 0 Å². The second kappa shape index (κ2) is 12.0. The number of aliphatic hydroxyl groups excluding tert-OH is 1. The second-order valence-corrected chi connectivity index (χ2v) is 7.25. The number of carbonyl (C=O) groups excluding carboxylic acids is 3. The number of hydrogen-bond acceptors (Lipinski definition) is 7. The molecule has 0 rings (SSSR count). The van der Waals surface area contributed by atoms with E-state index in [2.05, 4.69) is 16.0 Å². The number of aliphatic hydroxyl groups is 1. The minimum Gasteiger partial charge on any atom is -0.481 e. The van der Waals surface area contributed by atoms with Crippen LogP contribution in [-0.4, -0.2) is 75.8 Å². The van der Waals surface area contributed by atoms with E-state index in [0.29, 0.717) is 0 Å². The van der Waals surface area contributed by atoms with Gasteiger partial charge in [0.25, 0.3) is 0 Å². The maximum Gasteiger partial charge on any atom is 0.326 e. The average molecular weight is 418 g/mol. The number of aliphatic carboxylic acids is 2. The number of rotatable bonds is 12. The van der Waals surface area contributed by atoms with Crippen LogP contribution in [0.3, 0.4) is 0 Å². The molecule has 0 saturated heterocycles. The van der Waals surface area contributed by atoms with Crippen LogP contribution in [0, 0.1) is 11.8 Å². The molecule has 166 valence electrons. The van der Waals surface area contributed by atoms with Gasteiger partial charge in [0.05, 0.1) is 19.1 Å². The molecule has 0 aromatic carbocycles. The Labute approximate surface area is 168 Å². The number of nitrogens with one attached hydrogen (secondary N) is 3.